The van der Waals surface area contributed by atoms with Crippen molar-refractivity contribution < 1.29 is 9.84 Å². The van der Waals surface area contributed by atoms with Crippen molar-refractivity contribution in [2.24, 2.45) is 0 Å². The largest absolute Gasteiger partial charge is 0.392 e. The summed E-state index contributed by atoms with van der Waals surface area (Å²) in [5.41, 5.74) is 0. The number of hydrogen-bond donors (Lipinski definition) is 3. The van der Waals surface area contributed by atoms with Crippen LogP contribution in [0.3, 0.4) is 0 Å². The molecular formula is C11H24N2O2. The summed E-state index contributed by atoms with van der Waals surface area (Å²) in [6, 6.07) is 0.880. The zero-order chi connectivity index (χ0) is 11.1. The minimum absolute atomic E-state index is 0.219. The van der Waals surface area contributed by atoms with Gasteiger partial charge in [0, 0.05) is 25.2 Å². The molecule has 4 nitrogen and oxygen atoms in total. The minimum Gasteiger partial charge on any atom is -0.392 e. The molecule has 0 amide bonds. The zero-order valence-electron chi connectivity index (χ0n) is 9.83. The molecule has 1 aliphatic heterocycles. The fourth-order valence-corrected chi connectivity index (χ4v) is 1.76. The molecule has 0 aliphatic carbocycles. The smallest absolute Gasteiger partial charge is 0.0662 e. The maximum atomic E-state index is 9.41. The molecular weight excluding hydrogens is 192 g/mol. The van der Waals surface area contributed by atoms with E-state index in [2.05, 4.69) is 17.6 Å². The lowest BCUT2D eigenvalue weighted by atomic mass is 10.1. The van der Waals surface area contributed by atoms with Gasteiger partial charge in [-0.2, -0.15) is 0 Å². The van der Waals surface area contributed by atoms with Crippen molar-refractivity contribution in [3.05, 3.63) is 0 Å². The number of aliphatic hydroxyl groups excluding tert-OH is 1. The van der Waals surface area contributed by atoms with E-state index < -0.39 is 0 Å². The summed E-state index contributed by atoms with van der Waals surface area (Å²) in [5, 5.41) is 16.2. The highest BCUT2D eigenvalue weighted by Crippen LogP contribution is 2.02. The maximum Gasteiger partial charge on any atom is 0.0662 e. The van der Waals surface area contributed by atoms with E-state index in [-0.39, 0.29) is 6.10 Å². The second kappa shape index (κ2) is 7.17. The summed E-state index contributed by atoms with van der Waals surface area (Å²) in [6.45, 7) is 7.42. The Bertz CT molecular complexity index is 161. The van der Waals surface area contributed by atoms with Crippen LogP contribution in [0.2, 0.25) is 0 Å². The van der Waals surface area contributed by atoms with Crippen LogP contribution < -0.4 is 10.6 Å². The summed E-state index contributed by atoms with van der Waals surface area (Å²) >= 11 is 0. The summed E-state index contributed by atoms with van der Waals surface area (Å²) in [6.07, 6.45) is 1.64. The van der Waals surface area contributed by atoms with Crippen LogP contribution in [0.15, 0.2) is 0 Å². The van der Waals surface area contributed by atoms with E-state index in [1.807, 2.05) is 6.92 Å². The Balaban J connectivity index is 2.08. The monoisotopic (exact) mass is 216 g/mol. The molecule has 0 saturated carbocycles. The quantitative estimate of drug-likeness (QED) is 0.590. The third-order valence-corrected chi connectivity index (χ3v) is 2.81. The van der Waals surface area contributed by atoms with Gasteiger partial charge in [-0.1, -0.05) is 6.92 Å². The van der Waals surface area contributed by atoms with Crippen LogP contribution in [0.4, 0.5) is 0 Å². The molecule has 90 valence electrons. The first-order chi connectivity index (χ1) is 7.22. The van der Waals surface area contributed by atoms with Crippen molar-refractivity contribution >= 4 is 0 Å². The Morgan fingerprint density at radius 3 is 3.00 bits per heavy atom. The van der Waals surface area contributed by atoms with Crippen molar-refractivity contribution in [1.82, 2.24) is 10.6 Å². The van der Waals surface area contributed by atoms with E-state index in [0.29, 0.717) is 18.6 Å². The molecule has 1 aliphatic rings. The van der Waals surface area contributed by atoms with Crippen molar-refractivity contribution in [3.8, 4) is 0 Å². The minimum atomic E-state index is -0.219. The van der Waals surface area contributed by atoms with Crippen LogP contribution in [-0.2, 0) is 4.74 Å². The van der Waals surface area contributed by atoms with Crippen LogP contribution in [0.1, 0.15) is 26.7 Å². The van der Waals surface area contributed by atoms with E-state index >= 15 is 0 Å². The maximum absolute atomic E-state index is 9.41. The average Bonchev–Trinajstić information content (AvgIpc) is 2.27. The highest BCUT2D eigenvalue weighted by Gasteiger charge is 2.16. The molecule has 0 aromatic carbocycles. The lowest BCUT2D eigenvalue weighted by Crippen LogP contribution is -2.45. The Kier molecular flexibility index (Phi) is 6.17. The molecule has 15 heavy (non-hydrogen) atoms. The molecule has 0 radical (unpaired) electrons. The Morgan fingerprint density at radius 2 is 2.40 bits per heavy atom. The van der Waals surface area contributed by atoms with E-state index in [9.17, 15) is 5.11 Å². The number of ether oxygens (including phenoxy) is 1. The SMILES string of the molecule is CCC(O)CNC(C)CC1COCCN1. The van der Waals surface area contributed by atoms with Crippen LogP contribution in [-0.4, -0.2) is 49.6 Å². The predicted octanol–water partition coefficient (Wildman–Crippen LogP) is 0.114. The Labute approximate surface area is 92.4 Å². The molecule has 4 heteroatoms. The van der Waals surface area contributed by atoms with Crippen molar-refractivity contribution in [1.29, 1.82) is 0 Å². The Morgan fingerprint density at radius 1 is 1.60 bits per heavy atom. The van der Waals surface area contributed by atoms with Crippen LogP contribution in [0, 0.1) is 0 Å². The topological polar surface area (TPSA) is 53.5 Å². The highest BCUT2D eigenvalue weighted by molar-refractivity contribution is 4.76. The molecule has 3 unspecified atom stereocenters. The van der Waals surface area contributed by atoms with Gasteiger partial charge >= 0.3 is 0 Å². The summed E-state index contributed by atoms with van der Waals surface area (Å²) in [7, 11) is 0. The normalized spacial score (nSPS) is 26.2. The number of hydrogen-bond acceptors (Lipinski definition) is 4. The van der Waals surface area contributed by atoms with Gasteiger partial charge in [-0.05, 0) is 19.8 Å². The molecule has 0 aromatic heterocycles. The van der Waals surface area contributed by atoms with Gasteiger partial charge in [0.25, 0.3) is 0 Å². The van der Waals surface area contributed by atoms with E-state index in [4.69, 9.17) is 4.74 Å². The molecule has 1 rings (SSSR count). The fraction of sp³-hybridized carbons (Fsp3) is 1.00. The van der Waals surface area contributed by atoms with E-state index in [1.54, 1.807) is 0 Å². The molecule has 3 N–H and O–H groups in total. The number of rotatable bonds is 6. The first kappa shape index (κ1) is 12.9. The first-order valence-corrected chi connectivity index (χ1v) is 5.95. The van der Waals surface area contributed by atoms with Gasteiger partial charge in [0.1, 0.15) is 0 Å². The summed E-state index contributed by atoms with van der Waals surface area (Å²) in [4.78, 5) is 0. The molecule has 0 bridgehead atoms. The number of aliphatic hydroxyl groups is 1. The first-order valence-electron chi connectivity index (χ1n) is 5.95. The standard InChI is InChI=1S/C11H24N2O2/c1-3-11(14)7-13-9(2)6-10-8-15-5-4-12-10/h9-14H,3-8H2,1-2H3. The van der Waals surface area contributed by atoms with Crippen LogP contribution >= 0.6 is 0 Å². The van der Waals surface area contributed by atoms with Gasteiger partial charge in [-0.25, -0.2) is 0 Å². The van der Waals surface area contributed by atoms with Gasteiger partial charge in [0.2, 0.25) is 0 Å². The third-order valence-electron chi connectivity index (χ3n) is 2.81. The molecule has 1 saturated heterocycles. The molecule has 1 fully saturated rings. The molecule has 3 atom stereocenters. The van der Waals surface area contributed by atoms with E-state index in [0.717, 1.165) is 32.6 Å². The molecule has 0 aromatic rings. The zero-order valence-corrected chi connectivity index (χ0v) is 9.83. The lowest BCUT2D eigenvalue weighted by Gasteiger charge is -2.27. The molecule has 0 spiro atoms. The summed E-state index contributed by atoms with van der Waals surface area (Å²) < 4.78 is 5.39. The second-order valence-corrected chi connectivity index (χ2v) is 4.33. The summed E-state index contributed by atoms with van der Waals surface area (Å²) in [5.74, 6) is 0. The van der Waals surface area contributed by atoms with Gasteiger partial charge in [0.15, 0.2) is 0 Å². The van der Waals surface area contributed by atoms with E-state index in [1.165, 1.54) is 0 Å². The van der Waals surface area contributed by atoms with Crippen molar-refractivity contribution in [2.75, 3.05) is 26.3 Å². The van der Waals surface area contributed by atoms with Crippen molar-refractivity contribution in [3.63, 3.8) is 0 Å². The van der Waals surface area contributed by atoms with Crippen molar-refractivity contribution in [2.45, 2.75) is 44.9 Å². The Hall–Kier alpha value is -0.160. The van der Waals surface area contributed by atoms with Crippen LogP contribution in [0.5, 0.6) is 0 Å². The average molecular weight is 216 g/mol. The van der Waals surface area contributed by atoms with Gasteiger partial charge in [-0.15, -0.1) is 0 Å². The predicted molar refractivity (Wildman–Crippen MR) is 61.0 cm³/mol. The van der Waals surface area contributed by atoms with Crippen LogP contribution in [0.25, 0.3) is 0 Å². The number of nitrogens with one attached hydrogen (secondary N) is 2. The van der Waals surface area contributed by atoms with Gasteiger partial charge < -0.3 is 20.5 Å². The lowest BCUT2D eigenvalue weighted by molar-refractivity contribution is 0.0703. The van der Waals surface area contributed by atoms with Gasteiger partial charge in [-0.3, -0.25) is 0 Å². The highest BCUT2D eigenvalue weighted by atomic mass is 16.5. The molecule has 1 heterocycles. The number of morpholine rings is 1. The third kappa shape index (κ3) is 5.47. The second-order valence-electron chi connectivity index (χ2n) is 4.33. The fourth-order valence-electron chi connectivity index (χ4n) is 1.76. The van der Waals surface area contributed by atoms with Gasteiger partial charge in [0.05, 0.1) is 19.3 Å².